The zero-order valence-electron chi connectivity index (χ0n) is 14.3. The number of nitrogens with zero attached hydrogens (tertiary/aromatic N) is 2. The van der Waals surface area contributed by atoms with E-state index in [1.54, 1.807) is 24.5 Å². The summed E-state index contributed by atoms with van der Waals surface area (Å²) in [5.74, 6) is 0. The zero-order valence-corrected chi connectivity index (χ0v) is 15.9. The molecule has 1 unspecified atom stereocenters. The molecule has 3 heterocycles. The molecule has 3 aromatic heterocycles. The molecule has 132 valence electrons. The minimum atomic E-state index is -3.64. The first-order chi connectivity index (χ1) is 11.9. The SMILES string of the molecule is CCC(NS(=O)(=O)c1cc(-c2cc(C)[nH]n2)sc1C)c1cccnc1. The Morgan fingerprint density at radius 3 is 2.72 bits per heavy atom. The van der Waals surface area contributed by atoms with Crippen LogP contribution in [-0.4, -0.2) is 23.6 Å². The summed E-state index contributed by atoms with van der Waals surface area (Å²) in [7, 11) is -3.64. The Morgan fingerprint density at radius 1 is 1.32 bits per heavy atom. The molecule has 3 aromatic rings. The molecule has 0 saturated carbocycles. The van der Waals surface area contributed by atoms with Crippen molar-refractivity contribution in [1.82, 2.24) is 19.9 Å². The molecule has 0 saturated heterocycles. The summed E-state index contributed by atoms with van der Waals surface area (Å²) in [5, 5.41) is 7.09. The molecule has 0 fully saturated rings. The van der Waals surface area contributed by atoms with Gasteiger partial charge in [0.15, 0.2) is 0 Å². The van der Waals surface area contributed by atoms with E-state index in [1.807, 2.05) is 32.9 Å². The summed E-state index contributed by atoms with van der Waals surface area (Å²) in [6.45, 7) is 5.67. The molecule has 6 nitrogen and oxygen atoms in total. The zero-order chi connectivity index (χ0) is 18.0. The normalized spacial score (nSPS) is 13.1. The van der Waals surface area contributed by atoms with Crippen molar-refractivity contribution in [2.75, 3.05) is 0 Å². The number of aromatic nitrogens is 3. The fraction of sp³-hybridized carbons (Fsp3) is 0.294. The number of nitrogens with one attached hydrogen (secondary N) is 2. The minimum absolute atomic E-state index is 0.301. The maximum absolute atomic E-state index is 12.9. The van der Waals surface area contributed by atoms with Gasteiger partial charge in [0.2, 0.25) is 10.0 Å². The molecular formula is C17H20N4O2S2. The number of H-pyrrole nitrogens is 1. The van der Waals surface area contributed by atoms with Crippen molar-refractivity contribution in [2.24, 2.45) is 0 Å². The molecule has 0 amide bonds. The number of sulfonamides is 1. The van der Waals surface area contributed by atoms with E-state index >= 15 is 0 Å². The van der Waals surface area contributed by atoms with Gasteiger partial charge in [-0.1, -0.05) is 13.0 Å². The average molecular weight is 377 g/mol. The third kappa shape index (κ3) is 3.81. The van der Waals surface area contributed by atoms with Crippen LogP contribution in [0.5, 0.6) is 0 Å². The van der Waals surface area contributed by atoms with Crippen LogP contribution in [0.2, 0.25) is 0 Å². The molecular weight excluding hydrogens is 356 g/mol. The Morgan fingerprint density at radius 2 is 2.12 bits per heavy atom. The van der Waals surface area contributed by atoms with Crippen LogP contribution in [0.1, 0.15) is 35.5 Å². The molecule has 0 aliphatic heterocycles. The van der Waals surface area contributed by atoms with E-state index in [4.69, 9.17) is 0 Å². The van der Waals surface area contributed by atoms with Crippen LogP contribution in [0.3, 0.4) is 0 Å². The number of aryl methyl sites for hydroxylation is 2. The minimum Gasteiger partial charge on any atom is -0.282 e. The largest absolute Gasteiger partial charge is 0.282 e. The highest BCUT2D eigenvalue weighted by molar-refractivity contribution is 7.89. The van der Waals surface area contributed by atoms with Crippen LogP contribution in [0.15, 0.2) is 41.6 Å². The summed E-state index contributed by atoms with van der Waals surface area (Å²) < 4.78 is 28.6. The van der Waals surface area contributed by atoms with Crippen LogP contribution in [0.4, 0.5) is 0 Å². The number of aromatic amines is 1. The monoisotopic (exact) mass is 376 g/mol. The lowest BCUT2D eigenvalue weighted by Crippen LogP contribution is -2.28. The number of hydrogen-bond acceptors (Lipinski definition) is 5. The fourth-order valence-electron chi connectivity index (χ4n) is 2.62. The number of pyridine rings is 1. The molecule has 0 radical (unpaired) electrons. The van der Waals surface area contributed by atoms with Crippen molar-refractivity contribution in [1.29, 1.82) is 0 Å². The van der Waals surface area contributed by atoms with Crippen LogP contribution >= 0.6 is 11.3 Å². The van der Waals surface area contributed by atoms with E-state index in [9.17, 15) is 8.42 Å². The van der Waals surface area contributed by atoms with E-state index < -0.39 is 10.0 Å². The van der Waals surface area contributed by atoms with E-state index in [0.29, 0.717) is 11.3 Å². The van der Waals surface area contributed by atoms with Crippen LogP contribution in [-0.2, 0) is 10.0 Å². The number of hydrogen-bond donors (Lipinski definition) is 2. The lowest BCUT2D eigenvalue weighted by molar-refractivity contribution is 0.549. The predicted molar refractivity (Wildman–Crippen MR) is 99.0 cm³/mol. The smallest absolute Gasteiger partial charge is 0.242 e. The summed E-state index contributed by atoms with van der Waals surface area (Å²) >= 11 is 1.42. The van der Waals surface area contributed by atoms with Gasteiger partial charge in [-0.2, -0.15) is 5.10 Å². The maximum Gasteiger partial charge on any atom is 0.242 e. The van der Waals surface area contributed by atoms with Crippen LogP contribution < -0.4 is 4.72 Å². The molecule has 0 aromatic carbocycles. The third-order valence-corrected chi connectivity index (χ3v) is 6.71. The molecule has 0 bridgehead atoms. The molecule has 0 spiro atoms. The lowest BCUT2D eigenvalue weighted by Gasteiger charge is -2.17. The highest BCUT2D eigenvalue weighted by Crippen LogP contribution is 2.33. The fourth-order valence-corrected chi connectivity index (χ4v) is 5.48. The maximum atomic E-state index is 12.9. The Kier molecular flexibility index (Phi) is 5.03. The van der Waals surface area contributed by atoms with Gasteiger partial charge in [-0.05, 0) is 44.0 Å². The molecule has 3 rings (SSSR count). The topological polar surface area (TPSA) is 87.7 Å². The highest BCUT2D eigenvalue weighted by atomic mass is 32.2. The lowest BCUT2D eigenvalue weighted by atomic mass is 10.1. The molecule has 0 aliphatic carbocycles. The second-order valence-electron chi connectivity index (χ2n) is 5.84. The predicted octanol–water partition coefficient (Wildman–Crippen LogP) is 3.58. The van der Waals surface area contributed by atoms with Crippen molar-refractivity contribution < 1.29 is 8.42 Å². The number of rotatable bonds is 6. The second kappa shape index (κ2) is 7.07. The quantitative estimate of drug-likeness (QED) is 0.688. The first-order valence-electron chi connectivity index (χ1n) is 7.95. The van der Waals surface area contributed by atoms with Gasteiger partial charge in [0.1, 0.15) is 5.69 Å². The second-order valence-corrected chi connectivity index (χ2v) is 8.77. The molecule has 0 aliphatic rings. The Labute approximate surface area is 151 Å². The molecule has 2 N–H and O–H groups in total. The van der Waals surface area contributed by atoms with Crippen molar-refractivity contribution in [3.63, 3.8) is 0 Å². The average Bonchev–Trinajstić information content (AvgIpc) is 3.19. The van der Waals surface area contributed by atoms with Crippen molar-refractivity contribution in [3.8, 4) is 10.6 Å². The molecule has 1 atom stereocenters. The van der Waals surface area contributed by atoms with Crippen molar-refractivity contribution in [2.45, 2.75) is 38.1 Å². The van der Waals surface area contributed by atoms with E-state index in [1.165, 1.54) is 11.3 Å². The number of thiophene rings is 1. The Hall–Kier alpha value is -2.03. The van der Waals surface area contributed by atoms with Gasteiger partial charge in [-0.25, -0.2) is 13.1 Å². The standard InChI is InChI=1S/C17H20N4O2S2/c1-4-14(13-6-5-7-18-10-13)21-25(22,23)17-9-16(24-12(17)3)15-8-11(2)19-20-15/h5-10,14,21H,4H2,1-3H3,(H,19,20). The molecule has 8 heteroatoms. The van der Waals surface area contributed by atoms with Gasteiger partial charge >= 0.3 is 0 Å². The van der Waals surface area contributed by atoms with Gasteiger partial charge in [0, 0.05) is 29.0 Å². The van der Waals surface area contributed by atoms with E-state index in [0.717, 1.165) is 26.7 Å². The van der Waals surface area contributed by atoms with Crippen molar-refractivity contribution >= 4 is 21.4 Å². The summed E-state index contributed by atoms with van der Waals surface area (Å²) in [4.78, 5) is 5.95. The first-order valence-corrected chi connectivity index (χ1v) is 10.3. The van der Waals surface area contributed by atoms with E-state index in [2.05, 4.69) is 19.9 Å². The first kappa shape index (κ1) is 17.8. The van der Waals surface area contributed by atoms with E-state index in [-0.39, 0.29) is 6.04 Å². The Balaban J connectivity index is 1.91. The highest BCUT2D eigenvalue weighted by Gasteiger charge is 2.24. The van der Waals surface area contributed by atoms with Gasteiger partial charge in [-0.3, -0.25) is 10.1 Å². The van der Waals surface area contributed by atoms with Crippen LogP contribution in [0.25, 0.3) is 10.6 Å². The van der Waals surface area contributed by atoms with Crippen molar-refractivity contribution in [3.05, 3.63) is 52.8 Å². The van der Waals surface area contributed by atoms with Gasteiger partial charge < -0.3 is 0 Å². The summed E-state index contributed by atoms with van der Waals surface area (Å²) in [6, 6.07) is 6.96. The van der Waals surface area contributed by atoms with Crippen LogP contribution in [0, 0.1) is 13.8 Å². The van der Waals surface area contributed by atoms with Gasteiger partial charge in [0.25, 0.3) is 0 Å². The van der Waals surface area contributed by atoms with Gasteiger partial charge in [0.05, 0.1) is 9.77 Å². The summed E-state index contributed by atoms with van der Waals surface area (Å²) in [6.07, 6.45) is 4.00. The third-order valence-electron chi connectivity index (χ3n) is 3.91. The molecule has 25 heavy (non-hydrogen) atoms. The Bertz CT molecular complexity index is 962. The van der Waals surface area contributed by atoms with Gasteiger partial charge in [-0.15, -0.1) is 11.3 Å². The summed E-state index contributed by atoms with van der Waals surface area (Å²) in [5.41, 5.74) is 2.54.